The number of rotatable bonds is 8. The molecule has 2 fully saturated rings. The van der Waals surface area contributed by atoms with E-state index in [1.807, 2.05) is 38.1 Å². The average molecular weight is 477 g/mol. The molecule has 2 saturated carbocycles. The number of nitrogens with one attached hydrogen (secondary N) is 2. The maximum atomic E-state index is 13.0. The third-order valence-corrected chi connectivity index (χ3v) is 8.32. The number of amides is 2. The highest BCUT2D eigenvalue weighted by atomic mass is 16.6. The molecular formula is C26H40N2O6. The first-order chi connectivity index (χ1) is 16.2. The van der Waals surface area contributed by atoms with Gasteiger partial charge in [0.05, 0.1) is 19.8 Å². The molecule has 2 aliphatic carbocycles. The second-order valence-electron chi connectivity index (χ2n) is 10.2. The number of carbonyl (C=O) groups excluding carboxylic acids is 2. The molecule has 6 atom stereocenters. The summed E-state index contributed by atoms with van der Waals surface area (Å²) in [5.74, 6) is 0.355. The molecular weight excluding hydrogens is 436 g/mol. The van der Waals surface area contributed by atoms with Crippen LogP contribution in [-0.4, -0.2) is 54.7 Å². The number of alkyl carbamates (subject to hydrolysis) is 1. The number of aliphatic hydroxyl groups excluding tert-OH is 2. The maximum Gasteiger partial charge on any atom is 0.407 e. The van der Waals surface area contributed by atoms with E-state index in [-0.39, 0.29) is 36.2 Å². The summed E-state index contributed by atoms with van der Waals surface area (Å²) in [6, 6.07) is 7.55. The molecule has 0 saturated heterocycles. The molecule has 190 valence electrons. The molecule has 0 bridgehead atoms. The van der Waals surface area contributed by atoms with E-state index in [4.69, 9.17) is 9.47 Å². The predicted molar refractivity (Wildman–Crippen MR) is 128 cm³/mol. The van der Waals surface area contributed by atoms with E-state index in [0.29, 0.717) is 38.8 Å². The molecule has 8 heteroatoms. The summed E-state index contributed by atoms with van der Waals surface area (Å²) in [7, 11) is 1.60. The minimum absolute atomic E-state index is 0.00796. The van der Waals surface area contributed by atoms with Crippen LogP contribution in [0, 0.1) is 22.7 Å². The maximum absolute atomic E-state index is 13.0. The fourth-order valence-electron chi connectivity index (χ4n) is 6.41. The van der Waals surface area contributed by atoms with Gasteiger partial charge in [-0.15, -0.1) is 0 Å². The van der Waals surface area contributed by atoms with Crippen molar-refractivity contribution in [3.8, 4) is 5.75 Å². The Labute approximate surface area is 202 Å². The van der Waals surface area contributed by atoms with Gasteiger partial charge < -0.3 is 30.3 Å². The number of aliphatic hydroxyl groups is 2. The van der Waals surface area contributed by atoms with E-state index >= 15 is 0 Å². The van der Waals surface area contributed by atoms with E-state index in [1.165, 1.54) is 0 Å². The van der Waals surface area contributed by atoms with Crippen LogP contribution in [0.2, 0.25) is 0 Å². The van der Waals surface area contributed by atoms with Gasteiger partial charge in [0, 0.05) is 30.5 Å². The Hall–Kier alpha value is -2.32. The smallest absolute Gasteiger partial charge is 0.407 e. The highest BCUT2D eigenvalue weighted by Crippen LogP contribution is 2.61. The summed E-state index contributed by atoms with van der Waals surface area (Å²) in [5, 5.41) is 27.1. The third-order valence-electron chi connectivity index (χ3n) is 8.32. The fraction of sp³-hybridized carbons (Fsp3) is 0.692. The molecule has 0 aliphatic heterocycles. The number of hydrogen-bond donors (Lipinski definition) is 4. The van der Waals surface area contributed by atoms with Gasteiger partial charge in [0.1, 0.15) is 11.9 Å². The lowest BCUT2D eigenvalue weighted by Gasteiger charge is -2.60. The SMILES string of the molecule is CCNC(=O)O[C@@H]1CC[C@]2(C)[C@@H](CC[C@@H](O)[C@H]2CC(=O)NCc2ccccc2OC)[C@]1(C)CO. The van der Waals surface area contributed by atoms with E-state index < -0.39 is 23.7 Å². The quantitative estimate of drug-likeness (QED) is 0.458. The first-order valence-corrected chi connectivity index (χ1v) is 12.3. The standard InChI is InChI=1S/C26H40N2O6/c1-5-27-24(32)34-22-12-13-25(2)18(19(30)10-11-21(25)26(22,3)16-29)14-23(31)28-15-17-8-6-7-9-20(17)33-4/h6-9,18-19,21-22,29-30H,5,10-16H2,1-4H3,(H,27,32)(H,28,31)/t18-,19-,21-,22-,25+,26+/m1/s1. The van der Waals surface area contributed by atoms with Crippen molar-refractivity contribution in [2.24, 2.45) is 22.7 Å². The Kier molecular flexibility index (Phi) is 8.47. The van der Waals surface area contributed by atoms with Crippen molar-refractivity contribution in [3.05, 3.63) is 29.8 Å². The van der Waals surface area contributed by atoms with Crippen LogP contribution in [-0.2, 0) is 16.1 Å². The monoisotopic (exact) mass is 476 g/mol. The number of carbonyl (C=O) groups is 2. The average Bonchev–Trinajstić information content (AvgIpc) is 2.82. The van der Waals surface area contributed by atoms with Crippen LogP contribution in [0.1, 0.15) is 58.4 Å². The van der Waals surface area contributed by atoms with Crippen molar-refractivity contribution < 1.29 is 29.3 Å². The van der Waals surface area contributed by atoms with Gasteiger partial charge in [-0.25, -0.2) is 4.79 Å². The minimum atomic E-state index is -0.648. The fourth-order valence-corrected chi connectivity index (χ4v) is 6.41. The number of methoxy groups -OCH3 is 1. The van der Waals surface area contributed by atoms with Gasteiger partial charge in [-0.3, -0.25) is 4.79 Å². The third kappa shape index (κ3) is 5.18. The van der Waals surface area contributed by atoms with Crippen LogP contribution in [0.4, 0.5) is 4.79 Å². The first kappa shape index (κ1) is 26.3. The molecule has 1 aromatic rings. The second-order valence-corrected chi connectivity index (χ2v) is 10.2. The number of hydrogen-bond acceptors (Lipinski definition) is 6. The van der Waals surface area contributed by atoms with Crippen LogP contribution in [0.3, 0.4) is 0 Å². The Balaban J connectivity index is 1.74. The lowest BCUT2D eigenvalue weighted by Crippen LogP contribution is -2.61. The summed E-state index contributed by atoms with van der Waals surface area (Å²) in [6.45, 7) is 6.62. The van der Waals surface area contributed by atoms with Gasteiger partial charge in [-0.1, -0.05) is 32.0 Å². The van der Waals surface area contributed by atoms with Crippen molar-refractivity contribution >= 4 is 12.0 Å². The molecule has 0 aromatic heterocycles. The van der Waals surface area contributed by atoms with Crippen LogP contribution >= 0.6 is 0 Å². The Morgan fingerprint density at radius 2 is 1.88 bits per heavy atom. The van der Waals surface area contributed by atoms with Crippen LogP contribution in [0.5, 0.6) is 5.75 Å². The van der Waals surface area contributed by atoms with Crippen molar-refractivity contribution in [1.29, 1.82) is 0 Å². The van der Waals surface area contributed by atoms with Crippen molar-refractivity contribution in [2.75, 3.05) is 20.3 Å². The molecule has 0 spiro atoms. The summed E-state index contributed by atoms with van der Waals surface area (Å²) >= 11 is 0. The summed E-state index contributed by atoms with van der Waals surface area (Å²) in [5.41, 5.74) is -0.120. The first-order valence-electron chi connectivity index (χ1n) is 12.3. The van der Waals surface area contributed by atoms with Gasteiger partial charge >= 0.3 is 6.09 Å². The van der Waals surface area contributed by atoms with Crippen LogP contribution in [0.25, 0.3) is 0 Å². The number of benzene rings is 1. The molecule has 2 aliphatic rings. The zero-order chi connectivity index (χ0) is 24.9. The largest absolute Gasteiger partial charge is 0.496 e. The predicted octanol–water partition coefficient (Wildman–Crippen LogP) is 3.00. The van der Waals surface area contributed by atoms with Crippen molar-refractivity contribution in [3.63, 3.8) is 0 Å². The normalized spacial score (nSPS) is 32.9. The number of fused-ring (bicyclic) bond motifs is 1. The van der Waals surface area contributed by atoms with Crippen molar-refractivity contribution in [2.45, 2.75) is 71.6 Å². The zero-order valence-electron chi connectivity index (χ0n) is 20.8. The molecule has 8 nitrogen and oxygen atoms in total. The lowest BCUT2D eigenvalue weighted by molar-refractivity contribution is -0.185. The molecule has 1 aromatic carbocycles. The Bertz CT molecular complexity index is 863. The summed E-state index contributed by atoms with van der Waals surface area (Å²) in [4.78, 5) is 25.1. The van der Waals surface area contributed by atoms with E-state index in [9.17, 15) is 19.8 Å². The second kappa shape index (κ2) is 11.0. The molecule has 34 heavy (non-hydrogen) atoms. The molecule has 2 amide bonds. The van der Waals surface area contributed by atoms with Gasteiger partial charge in [-0.2, -0.15) is 0 Å². The molecule has 0 heterocycles. The summed E-state index contributed by atoms with van der Waals surface area (Å²) in [6.07, 6.45) is 1.26. The lowest BCUT2D eigenvalue weighted by atomic mass is 9.46. The Morgan fingerprint density at radius 3 is 2.56 bits per heavy atom. The van der Waals surface area contributed by atoms with Gasteiger partial charge in [0.2, 0.25) is 5.91 Å². The molecule has 0 radical (unpaired) electrons. The number of ether oxygens (including phenoxy) is 2. The van der Waals surface area contributed by atoms with Crippen molar-refractivity contribution in [1.82, 2.24) is 10.6 Å². The van der Waals surface area contributed by atoms with Gasteiger partial charge in [-0.05, 0) is 55.9 Å². The molecule has 3 rings (SSSR count). The van der Waals surface area contributed by atoms with Crippen LogP contribution < -0.4 is 15.4 Å². The van der Waals surface area contributed by atoms with E-state index in [1.54, 1.807) is 7.11 Å². The zero-order valence-corrected chi connectivity index (χ0v) is 20.8. The highest BCUT2D eigenvalue weighted by molar-refractivity contribution is 5.76. The highest BCUT2D eigenvalue weighted by Gasteiger charge is 2.60. The van der Waals surface area contributed by atoms with Gasteiger partial charge in [0.15, 0.2) is 0 Å². The number of para-hydroxylation sites is 1. The summed E-state index contributed by atoms with van der Waals surface area (Å²) < 4.78 is 11.1. The topological polar surface area (TPSA) is 117 Å². The molecule has 4 N–H and O–H groups in total. The van der Waals surface area contributed by atoms with E-state index in [2.05, 4.69) is 17.6 Å². The molecule has 0 unspecified atom stereocenters. The minimum Gasteiger partial charge on any atom is -0.496 e. The van der Waals surface area contributed by atoms with Crippen LogP contribution in [0.15, 0.2) is 24.3 Å². The Morgan fingerprint density at radius 1 is 1.15 bits per heavy atom. The van der Waals surface area contributed by atoms with Gasteiger partial charge in [0.25, 0.3) is 0 Å². The van der Waals surface area contributed by atoms with E-state index in [0.717, 1.165) is 11.3 Å².